The number of piperidine rings is 1. The van der Waals surface area contributed by atoms with E-state index >= 15 is 0 Å². The molecule has 0 radical (unpaired) electrons. The largest absolute Gasteiger partial charge is 0.371 e. The molecule has 1 aromatic carbocycles. The van der Waals surface area contributed by atoms with Crippen LogP contribution in [0, 0.1) is 5.92 Å². The fraction of sp³-hybridized carbons (Fsp3) is 0.545. The van der Waals surface area contributed by atoms with Gasteiger partial charge in [0.25, 0.3) is 0 Å². The second kappa shape index (κ2) is 10.3. The number of nitrogens with zero attached hydrogens (tertiary/aromatic N) is 3. The van der Waals surface area contributed by atoms with Crippen molar-refractivity contribution in [3.05, 3.63) is 36.0 Å². The van der Waals surface area contributed by atoms with E-state index in [1.807, 2.05) is 24.3 Å². The van der Waals surface area contributed by atoms with Gasteiger partial charge in [-0.15, -0.1) is 0 Å². The molecule has 0 aliphatic carbocycles. The fourth-order valence-corrected chi connectivity index (χ4v) is 4.55. The molecule has 1 amide bonds. The van der Waals surface area contributed by atoms with Gasteiger partial charge in [0, 0.05) is 42.5 Å². The summed E-state index contributed by atoms with van der Waals surface area (Å²) in [5, 5.41) is 2.49. The van der Waals surface area contributed by atoms with E-state index in [2.05, 4.69) is 52.4 Å². The molecule has 3 rings (SSSR count). The second-order valence-electron chi connectivity index (χ2n) is 8.00. The summed E-state index contributed by atoms with van der Waals surface area (Å²) in [4.78, 5) is 21.1. The van der Waals surface area contributed by atoms with Crippen LogP contribution in [0.4, 0.5) is 10.1 Å². The van der Waals surface area contributed by atoms with Gasteiger partial charge in [-0.05, 0) is 50.0 Å². The third-order valence-corrected chi connectivity index (χ3v) is 6.59. The van der Waals surface area contributed by atoms with Crippen LogP contribution in [-0.4, -0.2) is 55.1 Å². The highest BCUT2D eigenvalue weighted by atomic mass is 31.1. The lowest BCUT2D eigenvalue weighted by molar-refractivity contribution is -0.122. The number of hydrogen-bond acceptors (Lipinski definition) is 4. The smallest absolute Gasteiger partial charge is 0.234 e. The number of halogens is 1. The third kappa shape index (κ3) is 5.66. The molecule has 0 spiro atoms. The molecule has 0 bridgehead atoms. The molecule has 5 nitrogen and oxygen atoms in total. The lowest BCUT2D eigenvalue weighted by atomic mass is 9.95. The number of carbonyl (C=O) groups is 1. The Balaban J connectivity index is 1.62. The van der Waals surface area contributed by atoms with Crippen molar-refractivity contribution < 1.29 is 9.18 Å². The number of rotatable bonds is 8. The van der Waals surface area contributed by atoms with Crippen molar-refractivity contribution in [2.45, 2.75) is 31.8 Å². The quantitative estimate of drug-likeness (QED) is 0.623. The van der Waals surface area contributed by atoms with E-state index in [4.69, 9.17) is 0 Å². The summed E-state index contributed by atoms with van der Waals surface area (Å²) in [7, 11) is 4.46. The molecule has 1 aromatic heterocycles. The molecule has 1 N–H and O–H groups in total. The van der Waals surface area contributed by atoms with E-state index < -0.39 is 5.15 Å². The lowest BCUT2D eigenvalue weighted by Crippen LogP contribution is -2.42. The monoisotopic (exact) mass is 450 g/mol. The van der Waals surface area contributed by atoms with Crippen LogP contribution >= 0.6 is 18.5 Å². The first-order valence-corrected chi connectivity index (χ1v) is 11.9. The number of aromatic nitrogens is 1. The van der Waals surface area contributed by atoms with Gasteiger partial charge in [0.1, 0.15) is 0 Å². The number of hydrogen-bond donors (Lipinski definition) is 1. The number of alkyl halides is 1. The SMILES string of the molecule is CCN(CC)CC(=O)NCC1CCN(c2ccc(C(F)(P)P)c3ncccc23)CC1. The van der Waals surface area contributed by atoms with Gasteiger partial charge in [-0.3, -0.25) is 14.7 Å². The topological polar surface area (TPSA) is 48.5 Å². The number of anilines is 1. The minimum absolute atomic E-state index is 0.110. The summed E-state index contributed by atoms with van der Waals surface area (Å²) in [5.41, 5.74) is 2.36. The Kier molecular flexibility index (Phi) is 8.01. The maximum atomic E-state index is 14.6. The number of carbonyl (C=O) groups excluding carboxylic acids is 1. The van der Waals surface area contributed by atoms with Crippen LogP contribution < -0.4 is 10.2 Å². The number of pyridine rings is 1. The normalized spacial score (nSPS) is 15.7. The average Bonchev–Trinajstić information content (AvgIpc) is 2.75. The van der Waals surface area contributed by atoms with E-state index in [0.717, 1.165) is 56.6 Å². The molecule has 1 aliphatic rings. The highest BCUT2D eigenvalue weighted by molar-refractivity contribution is 7.38. The van der Waals surface area contributed by atoms with Gasteiger partial charge in [-0.1, -0.05) is 38.4 Å². The summed E-state index contributed by atoms with van der Waals surface area (Å²) in [5.74, 6) is 0.599. The molecule has 1 fully saturated rings. The molecule has 1 aliphatic heterocycles. The molecule has 30 heavy (non-hydrogen) atoms. The van der Waals surface area contributed by atoms with Crippen molar-refractivity contribution in [2.24, 2.45) is 5.92 Å². The first kappa shape index (κ1) is 23.3. The van der Waals surface area contributed by atoms with E-state index in [9.17, 15) is 9.18 Å². The van der Waals surface area contributed by atoms with E-state index in [-0.39, 0.29) is 5.91 Å². The second-order valence-corrected chi connectivity index (χ2v) is 10.3. The van der Waals surface area contributed by atoms with Crippen LogP contribution in [0.25, 0.3) is 10.9 Å². The average molecular weight is 450 g/mol. The fourth-order valence-electron chi connectivity index (χ4n) is 4.08. The van der Waals surface area contributed by atoms with Gasteiger partial charge in [0.05, 0.1) is 12.1 Å². The minimum Gasteiger partial charge on any atom is -0.371 e. The molecule has 2 aromatic rings. The van der Waals surface area contributed by atoms with E-state index in [1.165, 1.54) is 0 Å². The summed E-state index contributed by atoms with van der Waals surface area (Å²) >= 11 is 0. The number of benzene rings is 1. The zero-order chi connectivity index (χ0) is 21.7. The van der Waals surface area contributed by atoms with Crippen molar-refractivity contribution in [3.63, 3.8) is 0 Å². The zero-order valence-corrected chi connectivity index (χ0v) is 20.2. The van der Waals surface area contributed by atoms with Gasteiger partial charge in [-0.25, -0.2) is 4.39 Å². The van der Waals surface area contributed by atoms with E-state index in [0.29, 0.717) is 23.5 Å². The van der Waals surface area contributed by atoms with Crippen LogP contribution in [0.3, 0.4) is 0 Å². The Bertz CT molecular complexity index is 862. The molecule has 2 heterocycles. The van der Waals surface area contributed by atoms with Crippen molar-refractivity contribution in [2.75, 3.05) is 44.2 Å². The highest BCUT2D eigenvalue weighted by Crippen LogP contribution is 2.44. The predicted molar refractivity (Wildman–Crippen MR) is 130 cm³/mol. The first-order chi connectivity index (χ1) is 14.3. The number of nitrogens with one attached hydrogen (secondary N) is 1. The van der Waals surface area contributed by atoms with Gasteiger partial charge in [-0.2, -0.15) is 0 Å². The van der Waals surface area contributed by atoms with Gasteiger partial charge in [0.2, 0.25) is 5.91 Å². The molecule has 2 unspecified atom stereocenters. The highest BCUT2D eigenvalue weighted by Gasteiger charge is 2.26. The number of likely N-dealkylation sites (N-methyl/N-ethyl adjacent to an activating group) is 1. The lowest BCUT2D eigenvalue weighted by Gasteiger charge is -2.35. The molecule has 0 saturated carbocycles. The summed E-state index contributed by atoms with van der Waals surface area (Å²) in [6.45, 7) is 8.97. The summed E-state index contributed by atoms with van der Waals surface area (Å²) < 4.78 is 14.6. The Morgan fingerprint density at radius 1 is 1.27 bits per heavy atom. The van der Waals surface area contributed by atoms with Crippen molar-refractivity contribution in [1.29, 1.82) is 0 Å². The van der Waals surface area contributed by atoms with Crippen LogP contribution in [0.5, 0.6) is 0 Å². The number of amides is 1. The van der Waals surface area contributed by atoms with Gasteiger partial charge < -0.3 is 10.2 Å². The molecule has 2 atom stereocenters. The minimum atomic E-state index is -1.60. The Morgan fingerprint density at radius 3 is 2.60 bits per heavy atom. The molecule has 8 heteroatoms. The molecular weight excluding hydrogens is 417 g/mol. The summed E-state index contributed by atoms with van der Waals surface area (Å²) in [6.07, 6.45) is 3.76. The van der Waals surface area contributed by atoms with E-state index in [1.54, 1.807) is 6.20 Å². The summed E-state index contributed by atoms with van der Waals surface area (Å²) in [6, 6.07) is 7.76. The van der Waals surface area contributed by atoms with Crippen LogP contribution in [-0.2, 0) is 9.95 Å². The van der Waals surface area contributed by atoms with Crippen molar-refractivity contribution >= 4 is 41.0 Å². The zero-order valence-electron chi connectivity index (χ0n) is 17.9. The van der Waals surface area contributed by atoms with Gasteiger partial charge >= 0.3 is 0 Å². The molecule has 164 valence electrons. The maximum Gasteiger partial charge on any atom is 0.234 e. The Morgan fingerprint density at radius 2 is 1.97 bits per heavy atom. The first-order valence-electron chi connectivity index (χ1n) is 10.7. The number of fused-ring (bicyclic) bond motifs is 1. The third-order valence-electron chi connectivity index (χ3n) is 5.96. The Hall–Kier alpha value is -1.35. The Labute approximate surface area is 183 Å². The van der Waals surface area contributed by atoms with Crippen molar-refractivity contribution in [1.82, 2.24) is 15.2 Å². The van der Waals surface area contributed by atoms with Crippen molar-refractivity contribution in [3.8, 4) is 0 Å². The van der Waals surface area contributed by atoms with Crippen LogP contribution in [0.1, 0.15) is 32.3 Å². The maximum absolute atomic E-state index is 14.6. The van der Waals surface area contributed by atoms with Crippen LogP contribution in [0.15, 0.2) is 30.5 Å². The predicted octanol–water partition coefficient (Wildman–Crippen LogP) is 3.74. The van der Waals surface area contributed by atoms with Crippen LogP contribution in [0.2, 0.25) is 0 Å². The molecule has 1 saturated heterocycles. The molecular formula is C22H33FN4OP2. The van der Waals surface area contributed by atoms with Gasteiger partial charge in [0.15, 0.2) is 5.15 Å². The standard InChI is InChI=1S/C22H33FN4OP2/c1-3-26(4-2)15-20(28)25-14-16-9-12-27(13-10-16)19-8-7-18(22(23,29)30)21-17(19)6-5-11-24-21/h5-8,11,16H,3-4,9-10,12-15,29-30H2,1-2H3,(H,25,28).